The number of hydrogen-bond donors (Lipinski definition) is 1. The number of aliphatic hydroxyl groups is 1. The Balaban J connectivity index is 0.000000240. The molecule has 0 aliphatic rings. The number of carbonyl (C=O) groups excluding carboxylic acids is 1. The van der Waals surface area contributed by atoms with Crippen LogP contribution in [0.2, 0.25) is 0 Å². The van der Waals surface area contributed by atoms with Crippen molar-refractivity contribution >= 4 is 17.7 Å². The van der Waals surface area contributed by atoms with Gasteiger partial charge in [0.15, 0.2) is 11.4 Å². The summed E-state index contributed by atoms with van der Waals surface area (Å²) in [4.78, 5) is 17.0. The molecule has 0 aliphatic carbocycles. The van der Waals surface area contributed by atoms with Crippen molar-refractivity contribution in [3.05, 3.63) is 120 Å². The Morgan fingerprint density at radius 2 is 0.886 bits per heavy atom. The summed E-state index contributed by atoms with van der Waals surface area (Å²) in [5, 5.41) is 8.70. The number of ether oxygens (including phenoxy) is 2. The average molecular weight is 589 g/mol. The number of benzene rings is 4. The van der Waals surface area contributed by atoms with Crippen molar-refractivity contribution < 1.29 is 19.4 Å². The second kappa shape index (κ2) is 20.1. The average Bonchev–Trinajstić information content (AvgIpc) is 3.09. The molecular weight excluding hydrogens is 548 g/mol. The third-order valence-electron chi connectivity index (χ3n) is 6.92. The van der Waals surface area contributed by atoms with E-state index in [1.54, 1.807) is 0 Å². The first kappa shape index (κ1) is 33.6. The van der Waals surface area contributed by atoms with E-state index in [2.05, 4.69) is 9.69 Å². The number of carbonyl (C=O) groups is 1. The highest BCUT2D eigenvalue weighted by Crippen LogP contribution is 2.26. The minimum absolute atomic E-state index is 0.277. The molecule has 1 N–H and O–H groups in total. The van der Waals surface area contributed by atoms with Crippen molar-refractivity contribution in [2.45, 2.75) is 51.4 Å². The lowest BCUT2D eigenvalue weighted by Crippen LogP contribution is -1.97. The molecule has 0 fully saturated rings. The van der Waals surface area contributed by atoms with Gasteiger partial charge < -0.3 is 19.4 Å². The number of nitrogens with zero attached hydrogens (tertiary/aromatic N) is 2. The monoisotopic (exact) mass is 588 g/mol. The van der Waals surface area contributed by atoms with Crippen molar-refractivity contribution in [3.8, 4) is 33.8 Å². The predicted octanol–water partition coefficient (Wildman–Crippen LogP) is 9.88. The summed E-state index contributed by atoms with van der Waals surface area (Å²) in [5.74, 6) is 1.74. The fourth-order valence-corrected chi connectivity index (χ4v) is 4.40. The summed E-state index contributed by atoms with van der Waals surface area (Å²) >= 11 is 0. The molecule has 0 saturated heterocycles. The molecule has 6 nitrogen and oxygen atoms in total. The van der Waals surface area contributed by atoms with Gasteiger partial charge in [-0.05, 0) is 85.0 Å². The van der Waals surface area contributed by atoms with Gasteiger partial charge in [0.25, 0.3) is 0 Å². The zero-order valence-corrected chi connectivity index (χ0v) is 25.2. The van der Waals surface area contributed by atoms with Crippen LogP contribution in [-0.2, 0) is 4.79 Å². The molecule has 44 heavy (non-hydrogen) atoms. The van der Waals surface area contributed by atoms with Crippen LogP contribution in [0.5, 0.6) is 11.5 Å². The van der Waals surface area contributed by atoms with E-state index in [1.165, 1.54) is 0 Å². The van der Waals surface area contributed by atoms with Crippen LogP contribution in [0, 0.1) is 13.1 Å². The highest BCUT2D eigenvalue weighted by molar-refractivity contribution is 5.67. The number of aliphatic hydroxyl groups excluding tert-OH is 1. The van der Waals surface area contributed by atoms with E-state index in [-0.39, 0.29) is 6.61 Å². The molecule has 4 aromatic carbocycles. The van der Waals surface area contributed by atoms with Crippen LogP contribution in [0.25, 0.3) is 31.9 Å². The molecule has 0 aromatic heterocycles. The quantitative estimate of drug-likeness (QED) is 0.0804. The molecule has 226 valence electrons. The van der Waals surface area contributed by atoms with Crippen LogP contribution in [0.1, 0.15) is 51.4 Å². The lowest BCUT2D eigenvalue weighted by molar-refractivity contribution is -0.107. The summed E-state index contributed by atoms with van der Waals surface area (Å²) in [6, 6.07) is 31.1. The molecule has 0 bridgehead atoms. The molecule has 0 radical (unpaired) electrons. The van der Waals surface area contributed by atoms with Gasteiger partial charge in [-0.1, -0.05) is 79.2 Å². The van der Waals surface area contributed by atoms with Gasteiger partial charge in [0.2, 0.25) is 0 Å². The molecular formula is C38H40N2O4. The molecule has 0 saturated carbocycles. The maximum atomic E-state index is 10.2. The molecule has 0 unspecified atom stereocenters. The predicted molar refractivity (Wildman–Crippen MR) is 177 cm³/mol. The van der Waals surface area contributed by atoms with Crippen molar-refractivity contribution in [3.63, 3.8) is 0 Å². The van der Waals surface area contributed by atoms with Crippen molar-refractivity contribution in [2.75, 3.05) is 19.8 Å². The summed E-state index contributed by atoms with van der Waals surface area (Å²) < 4.78 is 11.4. The molecule has 0 amide bonds. The van der Waals surface area contributed by atoms with E-state index in [1.807, 2.05) is 97.1 Å². The van der Waals surface area contributed by atoms with E-state index in [0.717, 1.165) is 85.0 Å². The second-order valence-corrected chi connectivity index (χ2v) is 10.2. The fraction of sp³-hybridized carbons (Fsp3) is 0.289. The van der Waals surface area contributed by atoms with E-state index in [4.69, 9.17) is 27.7 Å². The molecule has 6 heteroatoms. The number of aldehydes is 1. The molecule has 4 rings (SSSR count). The van der Waals surface area contributed by atoms with Crippen LogP contribution < -0.4 is 9.47 Å². The Kier molecular flexibility index (Phi) is 15.3. The molecule has 0 aliphatic heterocycles. The maximum Gasteiger partial charge on any atom is 0.187 e. The highest BCUT2D eigenvalue weighted by Gasteiger charge is 2.01. The third-order valence-corrected chi connectivity index (χ3v) is 6.92. The van der Waals surface area contributed by atoms with Gasteiger partial charge in [0.05, 0.1) is 26.4 Å². The topological polar surface area (TPSA) is 64.5 Å². The van der Waals surface area contributed by atoms with Gasteiger partial charge in [-0.3, -0.25) is 0 Å². The van der Waals surface area contributed by atoms with Crippen LogP contribution in [0.4, 0.5) is 11.4 Å². The first-order chi connectivity index (χ1) is 21.7. The smallest absolute Gasteiger partial charge is 0.187 e. The van der Waals surface area contributed by atoms with E-state index in [9.17, 15) is 4.79 Å². The lowest BCUT2D eigenvalue weighted by Gasteiger charge is -2.07. The minimum atomic E-state index is 0.277. The van der Waals surface area contributed by atoms with Gasteiger partial charge in [-0.15, -0.1) is 0 Å². The Morgan fingerprint density at radius 3 is 1.25 bits per heavy atom. The van der Waals surface area contributed by atoms with Crippen LogP contribution in [0.3, 0.4) is 0 Å². The Morgan fingerprint density at radius 1 is 0.523 bits per heavy atom. The van der Waals surface area contributed by atoms with Gasteiger partial charge in [0.1, 0.15) is 17.8 Å². The maximum absolute atomic E-state index is 10.2. The van der Waals surface area contributed by atoms with Crippen LogP contribution in [-0.4, -0.2) is 31.2 Å². The Labute approximate surface area is 261 Å². The zero-order valence-electron chi connectivity index (χ0n) is 25.2. The Bertz CT molecular complexity index is 1450. The number of rotatable bonds is 16. The molecule has 4 aromatic rings. The molecule has 0 spiro atoms. The lowest BCUT2D eigenvalue weighted by atomic mass is 10.1. The fourth-order valence-electron chi connectivity index (χ4n) is 4.40. The summed E-state index contributed by atoms with van der Waals surface area (Å²) in [7, 11) is 0. The third kappa shape index (κ3) is 12.1. The molecule has 0 heterocycles. The first-order valence-corrected chi connectivity index (χ1v) is 15.1. The van der Waals surface area contributed by atoms with Gasteiger partial charge in [-0.25, -0.2) is 9.69 Å². The minimum Gasteiger partial charge on any atom is -0.494 e. The second-order valence-electron chi connectivity index (χ2n) is 10.2. The summed E-state index contributed by atoms with van der Waals surface area (Å²) in [6.45, 7) is 15.6. The van der Waals surface area contributed by atoms with Gasteiger partial charge in [-0.2, -0.15) is 0 Å². The SMILES string of the molecule is [C-]#[N+]c1ccc(-c2ccc(OCCCCCC=O)cc2)cc1.[C-]#[N+]c1ccc(-c2ccc(OCCCCCCO)cc2)cc1. The zero-order chi connectivity index (χ0) is 31.2. The highest BCUT2D eigenvalue weighted by atomic mass is 16.5. The Hall–Kier alpha value is -4.91. The van der Waals surface area contributed by atoms with Crippen molar-refractivity contribution in [1.29, 1.82) is 0 Å². The normalized spacial score (nSPS) is 10.1. The van der Waals surface area contributed by atoms with Gasteiger partial charge in [0, 0.05) is 13.0 Å². The summed E-state index contributed by atoms with van der Waals surface area (Å²) in [5.41, 5.74) is 5.72. The standard InChI is InChI=1S/C19H21NO2.C19H19NO2/c2*1-20-18-10-6-16(7-11-18)17-8-12-19(13-9-17)22-15-5-3-2-4-14-21/h6-13,21H,2-5,14-15H2;6-14H,2-5,15H2. The number of hydrogen-bond acceptors (Lipinski definition) is 4. The van der Waals surface area contributed by atoms with E-state index >= 15 is 0 Å². The van der Waals surface area contributed by atoms with Crippen LogP contribution in [0.15, 0.2) is 97.1 Å². The first-order valence-electron chi connectivity index (χ1n) is 15.1. The van der Waals surface area contributed by atoms with Gasteiger partial charge >= 0.3 is 0 Å². The van der Waals surface area contributed by atoms with Crippen molar-refractivity contribution in [2.24, 2.45) is 0 Å². The summed E-state index contributed by atoms with van der Waals surface area (Å²) in [6.07, 6.45) is 8.56. The molecule has 0 atom stereocenters. The van der Waals surface area contributed by atoms with Crippen molar-refractivity contribution in [1.82, 2.24) is 0 Å². The van der Waals surface area contributed by atoms with Crippen LogP contribution >= 0.6 is 0 Å². The van der Waals surface area contributed by atoms with E-state index < -0.39 is 0 Å². The number of unbranched alkanes of at least 4 members (excludes halogenated alkanes) is 6. The van der Waals surface area contributed by atoms with E-state index in [0.29, 0.717) is 31.0 Å². The largest absolute Gasteiger partial charge is 0.494 e.